The second kappa shape index (κ2) is 5.21. The van der Waals surface area contributed by atoms with E-state index in [1.54, 1.807) is 0 Å². The van der Waals surface area contributed by atoms with Gasteiger partial charge in [-0.3, -0.25) is 0 Å². The summed E-state index contributed by atoms with van der Waals surface area (Å²) in [5, 5.41) is 3.37. The second-order valence-corrected chi connectivity index (χ2v) is 4.29. The molecule has 0 amide bonds. The van der Waals surface area contributed by atoms with Crippen LogP contribution in [0.25, 0.3) is 0 Å². The Hall–Kier alpha value is -1.23. The predicted octanol–water partition coefficient (Wildman–Crippen LogP) is 1.05. The molecule has 1 aromatic heterocycles. The molecule has 0 unspecified atom stereocenters. The van der Waals surface area contributed by atoms with Crippen molar-refractivity contribution in [3.8, 4) is 0 Å². The van der Waals surface area contributed by atoms with Gasteiger partial charge in [0.1, 0.15) is 0 Å². The minimum atomic E-state index is -0.392. The van der Waals surface area contributed by atoms with Crippen LogP contribution in [-0.4, -0.2) is 36.6 Å². The summed E-state index contributed by atoms with van der Waals surface area (Å²) in [5.74, 6) is 0.829. The number of nitrogens with zero attached hydrogens (tertiary/aromatic N) is 3. The highest BCUT2D eigenvalue weighted by Crippen LogP contribution is 2.13. The van der Waals surface area contributed by atoms with E-state index in [-0.39, 0.29) is 0 Å². The summed E-state index contributed by atoms with van der Waals surface area (Å²) in [7, 11) is 1.95. The van der Waals surface area contributed by atoms with Gasteiger partial charge in [-0.05, 0) is 31.8 Å². The van der Waals surface area contributed by atoms with Gasteiger partial charge in [-0.2, -0.15) is 0 Å². The normalized spacial score (nSPS) is 20.8. The molecule has 0 spiro atoms. The molecule has 0 saturated carbocycles. The maximum Gasteiger partial charge on any atom is 0.225 e. The molecule has 5 heteroatoms. The quantitative estimate of drug-likeness (QED) is 0.833. The van der Waals surface area contributed by atoms with Gasteiger partial charge in [-0.25, -0.2) is 14.4 Å². The van der Waals surface area contributed by atoms with Crippen molar-refractivity contribution >= 4 is 5.95 Å². The molecule has 0 aliphatic carbocycles. The second-order valence-electron chi connectivity index (χ2n) is 4.29. The van der Waals surface area contributed by atoms with Crippen LogP contribution in [0.2, 0.25) is 0 Å². The van der Waals surface area contributed by atoms with E-state index in [2.05, 4.69) is 15.3 Å². The highest BCUT2D eigenvalue weighted by molar-refractivity contribution is 5.26. The van der Waals surface area contributed by atoms with Crippen molar-refractivity contribution in [1.29, 1.82) is 0 Å². The molecule has 4 nitrogen and oxygen atoms in total. The maximum absolute atomic E-state index is 12.7. The van der Waals surface area contributed by atoms with Crippen LogP contribution in [0.3, 0.4) is 0 Å². The van der Waals surface area contributed by atoms with Crippen LogP contribution in [0.15, 0.2) is 12.4 Å². The molecule has 0 bridgehead atoms. The molecule has 2 rings (SSSR count). The minimum Gasteiger partial charge on any atom is -0.344 e. The van der Waals surface area contributed by atoms with E-state index in [0.29, 0.717) is 11.9 Å². The Morgan fingerprint density at radius 1 is 1.50 bits per heavy atom. The summed E-state index contributed by atoms with van der Waals surface area (Å²) < 4.78 is 12.7. The number of hydrogen-bond acceptors (Lipinski definition) is 4. The van der Waals surface area contributed by atoms with Gasteiger partial charge in [0.25, 0.3) is 0 Å². The third-order valence-corrected chi connectivity index (χ3v) is 2.88. The third-order valence-electron chi connectivity index (χ3n) is 2.88. The summed E-state index contributed by atoms with van der Waals surface area (Å²) in [6.07, 6.45) is 4.87. The predicted molar refractivity (Wildman–Crippen MR) is 60.9 cm³/mol. The number of hydrogen-bond donors (Lipinski definition) is 1. The van der Waals surface area contributed by atoms with E-state index in [4.69, 9.17) is 0 Å². The van der Waals surface area contributed by atoms with Crippen LogP contribution in [-0.2, 0) is 0 Å². The molecule has 1 saturated heterocycles. The highest BCUT2D eigenvalue weighted by Gasteiger charge is 2.16. The highest BCUT2D eigenvalue weighted by atomic mass is 19.1. The molecule has 1 aliphatic rings. The zero-order valence-electron chi connectivity index (χ0n) is 9.49. The summed E-state index contributed by atoms with van der Waals surface area (Å²) in [6, 6.07) is 0. The fourth-order valence-corrected chi connectivity index (χ4v) is 2.05. The SMILES string of the molecule is CN(C[C@H]1CCCNC1)c1ncc(F)cn1. The Bertz CT molecular complexity index is 321. The number of anilines is 1. The minimum absolute atomic E-state index is 0.392. The summed E-state index contributed by atoms with van der Waals surface area (Å²) in [4.78, 5) is 9.91. The lowest BCUT2D eigenvalue weighted by molar-refractivity contribution is 0.380. The molecule has 1 fully saturated rings. The molecule has 16 heavy (non-hydrogen) atoms. The van der Waals surface area contributed by atoms with E-state index >= 15 is 0 Å². The van der Waals surface area contributed by atoms with Crippen LogP contribution >= 0.6 is 0 Å². The van der Waals surface area contributed by atoms with Gasteiger partial charge in [0.15, 0.2) is 5.82 Å². The average molecular weight is 224 g/mol. The van der Waals surface area contributed by atoms with Crippen LogP contribution in [0.1, 0.15) is 12.8 Å². The molecule has 1 aliphatic heterocycles. The molecule has 1 N–H and O–H groups in total. The summed E-state index contributed by atoms with van der Waals surface area (Å²) >= 11 is 0. The molecule has 2 heterocycles. The maximum atomic E-state index is 12.7. The zero-order chi connectivity index (χ0) is 11.4. The van der Waals surface area contributed by atoms with Crippen molar-refractivity contribution in [1.82, 2.24) is 15.3 Å². The first-order chi connectivity index (χ1) is 7.75. The standard InChI is InChI=1S/C11H17FN4/c1-16(8-9-3-2-4-13-5-9)11-14-6-10(12)7-15-11/h6-7,9,13H,2-5,8H2,1H3/t9-/m0/s1. The topological polar surface area (TPSA) is 41.0 Å². The summed E-state index contributed by atoms with van der Waals surface area (Å²) in [5.41, 5.74) is 0. The Morgan fingerprint density at radius 2 is 2.25 bits per heavy atom. The molecule has 0 aromatic carbocycles. The number of aromatic nitrogens is 2. The average Bonchev–Trinajstić information content (AvgIpc) is 2.31. The number of halogens is 1. The van der Waals surface area contributed by atoms with E-state index in [1.165, 1.54) is 25.2 Å². The lowest BCUT2D eigenvalue weighted by Crippen LogP contribution is -2.37. The molecule has 0 radical (unpaired) electrons. The third kappa shape index (κ3) is 2.88. The van der Waals surface area contributed by atoms with Gasteiger partial charge in [0, 0.05) is 13.6 Å². The molecular weight excluding hydrogens is 207 g/mol. The Kier molecular flexibility index (Phi) is 3.66. The first-order valence-electron chi connectivity index (χ1n) is 5.65. The lowest BCUT2D eigenvalue weighted by atomic mass is 9.99. The van der Waals surface area contributed by atoms with Gasteiger partial charge < -0.3 is 10.2 Å². The van der Waals surface area contributed by atoms with Crippen LogP contribution in [0.4, 0.5) is 10.3 Å². The first-order valence-corrected chi connectivity index (χ1v) is 5.65. The van der Waals surface area contributed by atoms with Gasteiger partial charge in [0.2, 0.25) is 5.95 Å². The monoisotopic (exact) mass is 224 g/mol. The number of rotatable bonds is 3. The Morgan fingerprint density at radius 3 is 2.88 bits per heavy atom. The van der Waals surface area contributed by atoms with Crippen molar-refractivity contribution in [3.05, 3.63) is 18.2 Å². The van der Waals surface area contributed by atoms with E-state index in [9.17, 15) is 4.39 Å². The smallest absolute Gasteiger partial charge is 0.225 e. The van der Waals surface area contributed by atoms with Gasteiger partial charge in [0.05, 0.1) is 12.4 Å². The number of nitrogens with one attached hydrogen (secondary N) is 1. The lowest BCUT2D eigenvalue weighted by Gasteiger charge is -2.27. The van der Waals surface area contributed by atoms with Gasteiger partial charge in [-0.1, -0.05) is 0 Å². The van der Waals surface area contributed by atoms with Gasteiger partial charge >= 0.3 is 0 Å². The van der Waals surface area contributed by atoms with Crippen molar-refractivity contribution in [2.24, 2.45) is 5.92 Å². The fraction of sp³-hybridized carbons (Fsp3) is 0.636. The number of piperidine rings is 1. The van der Waals surface area contributed by atoms with Crippen molar-refractivity contribution < 1.29 is 4.39 Å². The summed E-state index contributed by atoms with van der Waals surface area (Å²) in [6.45, 7) is 3.08. The van der Waals surface area contributed by atoms with Crippen molar-refractivity contribution in [2.45, 2.75) is 12.8 Å². The molecule has 1 aromatic rings. The fourth-order valence-electron chi connectivity index (χ4n) is 2.05. The van der Waals surface area contributed by atoms with Gasteiger partial charge in [-0.15, -0.1) is 0 Å². The van der Waals surface area contributed by atoms with Crippen molar-refractivity contribution in [3.63, 3.8) is 0 Å². The van der Waals surface area contributed by atoms with Crippen LogP contribution in [0.5, 0.6) is 0 Å². The van der Waals surface area contributed by atoms with E-state index in [0.717, 1.165) is 19.6 Å². The van der Waals surface area contributed by atoms with Crippen LogP contribution < -0.4 is 10.2 Å². The molecule has 1 atom stereocenters. The largest absolute Gasteiger partial charge is 0.344 e. The molecular formula is C11H17FN4. The van der Waals surface area contributed by atoms with Crippen molar-refractivity contribution in [2.75, 3.05) is 31.6 Å². The Labute approximate surface area is 94.9 Å². The first kappa shape index (κ1) is 11.3. The Balaban J connectivity index is 1.91. The van der Waals surface area contributed by atoms with E-state index in [1.807, 2.05) is 11.9 Å². The van der Waals surface area contributed by atoms with Crippen LogP contribution in [0, 0.1) is 11.7 Å². The zero-order valence-corrected chi connectivity index (χ0v) is 9.49. The molecule has 88 valence electrons. The van der Waals surface area contributed by atoms with E-state index < -0.39 is 5.82 Å².